The van der Waals surface area contributed by atoms with Crippen molar-refractivity contribution < 1.29 is 18.3 Å². The number of hydrogen-bond donors (Lipinski definition) is 2. The number of nitrogens with zero attached hydrogens (tertiary/aromatic N) is 3. The Morgan fingerprint density at radius 1 is 0.943 bits per heavy atom. The van der Waals surface area contributed by atoms with E-state index in [1.165, 1.54) is 18.2 Å². The highest BCUT2D eigenvalue weighted by molar-refractivity contribution is 7.90. The summed E-state index contributed by atoms with van der Waals surface area (Å²) >= 11 is 0. The van der Waals surface area contributed by atoms with Gasteiger partial charge < -0.3 is 5.11 Å². The number of rotatable bonds is 8. The number of fused-ring (bicyclic) bond motifs is 1. The van der Waals surface area contributed by atoms with E-state index in [-0.39, 0.29) is 22.1 Å². The average Bonchev–Trinajstić information content (AvgIpc) is 2.85. The molecule has 0 fully saturated rings. The number of aromatic nitrogens is 2. The molecule has 4 rings (SSSR count). The smallest absolute Gasteiger partial charge is 0.356 e. The molecule has 0 saturated carbocycles. The summed E-state index contributed by atoms with van der Waals surface area (Å²) in [6.07, 6.45) is 2.98. The first-order chi connectivity index (χ1) is 16.8. The summed E-state index contributed by atoms with van der Waals surface area (Å²) in [6, 6.07) is 22.6. The normalized spacial score (nSPS) is 12.2. The van der Waals surface area contributed by atoms with Gasteiger partial charge in [0.05, 0.1) is 15.9 Å². The van der Waals surface area contributed by atoms with Crippen molar-refractivity contribution >= 4 is 44.4 Å². The maximum atomic E-state index is 13.0. The highest BCUT2D eigenvalue weighted by Crippen LogP contribution is 2.22. The van der Waals surface area contributed by atoms with Crippen molar-refractivity contribution in [3.05, 3.63) is 102 Å². The monoisotopic (exact) mass is 486 g/mol. The van der Waals surface area contributed by atoms with Gasteiger partial charge in [-0.1, -0.05) is 66.2 Å². The van der Waals surface area contributed by atoms with Crippen LogP contribution in [0.1, 0.15) is 16.8 Å². The fourth-order valence-corrected chi connectivity index (χ4v) is 4.54. The number of anilines is 1. The lowest BCUT2D eigenvalue weighted by atomic mass is 10.1. The van der Waals surface area contributed by atoms with Crippen LogP contribution in [0.4, 0.5) is 5.82 Å². The second-order valence-electron chi connectivity index (χ2n) is 7.74. The molecule has 1 heterocycles. The Hall–Kier alpha value is -4.37. The number of sulfone groups is 1. The highest BCUT2D eigenvalue weighted by Gasteiger charge is 2.20. The van der Waals surface area contributed by atoms with Crippen molar-refractivity contribution in [3.63, 3.8) is 0 Å². The van der Waals surface area contributed by atoms with Crippen LogP contribution in [0.5, 0.6) is 0 Å². The Balaban J connectivity index is 1.69. The van der Waals surface area contributed by atoms with Crippen LogP contribution in [0, 0.1) is 6.92 Å². The van der Waals surface area contributed by atoms with Gasteiger partial charge in [0.25, 0.3) is 0 Å². The van der Waals surface area contributed by atoms with Gasteiger partial charge >= 0.3 is 5.97 Å². The summed E-state index contributed by atoms with van der Waals surface area (Å²) in [5.74, 6) is -1.63. The molecule has 0 saturated heterocycles. The SMILES string of the molecule is Cc1ccc(/C=C/C(=N\Nc2nc3ccccc3nc2CS(=O)(=O)c2ccccc2)C(=O)O)cc1. The van der Waals surface area contributed by atoms with E-state index in [1.807, 2.05) is 31.2 Å². The van der Waals surface area contributed by atoms with E-state index in [1.54, 1.807) is 48.5 Å². The van der Waals surface area contributed by atoms with Gasteiger partial charge in [0.2, 0.25) is 0 Å². The molecule has 35 heavy (non-hydrogen) atoms. The van der Waals surface area contributed by atoms with Crippen molar-refractivity contribution in [2.75, 3.05) is 5.43 Å². The van der Waals surface area contributed by atoms with Crippen molar-refractivity contribution in [2.24, 2.45) is 5.10 Å². The Morgan fingerprint density at radius 2 is 1.57 bits per heavy atom. The summed E-state index contributed by atoms with van der Waals surface area (Å²) in [6.45, 7) is 1.96. The largest absolute Gasteiger partial charge is 0.476 e. The van der Waals surface area contributed by atoms with Crippen LogP contribution in [0.25, 0.3) is 17.1 Å². The van der Waals surface area contributed by atoms with E-state index in [4.69, 9.17) is 0 Å². The highest BCUT2D eigenvalue weighted by atomic mass is 32.2. The predicted octanol–water partition coefficient (Wildman–Crippen LogP) is 4.48. The number of hydrogen-bond acceptors (Lipinski definition) is 7. The van der Waals surface area contributed by atoms with E-state index in [0.29, 0.717) is 11.0 Å². The van der Waals surface area contributed by atoms with Crippen LogP contribution in [0.15, 0.2) is 94.9 Å². The van der Waals surface area contributed by atoms with Crippen molar-refractivity contribution in [3.8, 4) is 0 Å². The summed E-state index contributed by atoms with van der Waals surface area (Å²) in [4.78, 5) is 20.8. The maximum Gasteiger partial charge on any atom is 0.356 e. The van der Waals surface area contributed by atoms with E-state index in [0.717, 1.165) is 11.1 Å². The van der Waals surface area contributed by atoms with Crippen LogP contribution in [0.2, 0.25) is 0 Å². The standard InChI is InChI=1S/C26H22N4O4S/c1-18-11-13-19(14-12-18)15-16-23(26(31)32)29-30-25-24(27-21-9-5-6-10-22(21)28-25)17-35(33,34)20-7-3-2-4-8-20/h2-16H,17H2,1H3,(H,28,30)(H,31,32)/b16-15+,29-23+. The molecule has 0 aliphatic rings. The number of aryl methyl sites for hydroxylation is 1. The van der Waals surface area contributed by atoms with Gasteiger partial charge in [0.1, 0.15) is 11.4 Å². The minimum absolute atomic E-state index is 0.0608. The molecular weight excluding hydrogens is 464 g/mol. The van der Waals surface area contributed by atoms with Gasteiger partial charge in [-0.3, -0.25) is 5.43 Å². The van der Waals surface area contributed by atoms with Crippen LogP contribution < -0.4 is 5.43 Å². The lowest BCUT2D eigenvalue weighted by molar-refractivity contribution is -0.129. The third kappa shape index (κ3) is 5.96. The topological polar surface area (TPSA) is 122 Å². The molecule has 0 aliphatic carbocycles. The van der Waals surface area contributed by atoms with Crippen molar-refractivity contribution in [2.45, 2.75) is 17.6 Å². The molecule has 0 radical (unpaired) electrons. The molecule has 2 N–H and O–H groups in total. The number of aliphatic carboxylic acids is 1. The summed E-state index contributed by atoms with van der Waals surface area (Å²) < 4.78 is 26.0. The number of carbonyl (C=O) groups is 1. The molecular formula is C26H22N4O4S. The van der Waals surface area contributed by atoms with Crippen molar-refractivity contribution in [1.29, 1.82) is 0 Å². The van der Waals surface area contributed by atoms with Crippen molar-refractivity contribution in [1.82, 2.24) is 9.97 Å². The first-order valence-electron chi connectivity index (χ1n) is 10.7. The minimum atomic E-state index is -3.73. The minimum Gasteiger partial charge on any atom is -0.476 e. The number of carboxylic acid groups (broad SMARTS) is 1. The van der Waals surface area contributed by atoms with Gasteiger partial charge in [0.15, 0.2) is 21.4 Å². The predicted molar refractivity (Wildman–Crippen MR) is 136 cm³/mol. The third-order valence-electron chi connectivity index (χ3n) is 5.08. The molecule has 1 aromatic heterocycles. The second-order valence-corrected chi connectivity index (χ2v) is 9.73. The lowest BCUT2D eigenvalue weighted by Gasteiger charge is -2.10. The Labute approximate surface area is 202 Å². The quantitative estimate of drug-likeness (QED) is 0.278. The van der Waals surface area contributed by atoms with Gasteiger partial charge in [-0.2, -0.15) is 5.10 Å². The van der Waals surface area contributed by atoms with Gasteiger partial charge in [-0.25, -0.2) is 23.2 Å². The molecule has 0 aliphatic heterocycles. The van der Waals surface area contributed by atoms with Crippen LogP contribution >= 0.6 is 0 Å². The van der Waals surface area contributed by atoms with Crippen LogP contribution in [-0.2, 0) is 20.4 Å². The number of hydrazone groups is 1. The summed E-state index contributed by atoms with van der Waals surface area (Å²) in [5.41, 5.74) is 5.39. The average molecular weight is 487 g/mol. The fraction of sp³-hybridized carbons (Fsp3) is 0.0769. The third-order valence-corrected chi connectivity index (χ3v) is 6.73. The Morgan fingerprint density at radius 3 is 2.23 bits per heavy atom. The first kappa shape index (κ1) is 23.8. The van der Waals surface area contributed by atoms with Gasteiger partial charge in [-0.05, 0) is 42.8 Å². The molecule has 8 nitrogen and oxygen atoms in total. The molecule has 9 heteroatoms. The second kappa shape index (κ2) is 10.3. The molecule has 3 aromatic carbocycles. The van der Waals surface area contributed by atoms with Gasteiger partial charge in [-0.15, -0.1) is 0 Å². The number of nitrogens with one attached hydrogen (secondary N) is 1. The maximum absolute atomic E-state index is 13.0. The number of carboxylic acids is 1. The van der Waals surface area contributed by atoms with E-state index in [9.17, 15) is 18.3 Å². The van der Waals surface area contributed by atoms with E-state index in [2.05, 4.69) is 20.5 Å². The fourth-order valence-electron chi connectivity index (χ4n) is 3.24. The number of para-hydroxylation sites is 2. The lowest BCUT2D eigenvalue weighted by Crippen LogP contribution is -2.14. The molecule has 0 bridgehead atoms. The molecule has 0 atom stereocenters. The zero-order chi connectivity index (χ0) is 24.8. The van der Waals surface area contributed by atoms with Gasteiger partial charge in [0, 0.05) is 0 Å². The van der Waals surface area contributed by atoms with E-state index >= 15 is 0 Å². The van der Waals surface area contributed by atoms with E-state index < -0.39 is 21.6 Å². The summed E-state index contributed by atoms with van der Waals surface area (Å²) in [5, 5.41) is 13.6. The molecule has 176 valence electrons. The van der Waals surface area contributed by atoms with Crippen LogP contribution in [-0.4, -0.2) is 35.2 Å². The Kier molecular flexibility index (Phi) is 6.98. The summed E-state index contributed by atoms with van der Waals surface area (Å²) in [7, 11) is -3.73. The Bertz CT molecular complexity index is 1530. The first-order valence-corrected chi connectivity index (χ1v) is 12.3. The molecule has 4 aromatic rings. The molecule has 0 spiro atoms. The molecule has 0 amide bonds. The number of benzene rings is 3. The zero-order valence-corrected chi connectivity index (χ0v) is 19.6. The van der Waals surface area contributed by atoms with Crippen LogP contribution in [0.3, 0.4) is 0 Å². The molecule has 0 unspecified atom stereocenters. The zero-order valence-electron chi connectivity index (χ0n) is 18.8.